The molecule has 7 heteroatoms. The van der Waals surface area contributed by atoms with E-state index in [1.54, 1.807) is 19.1 Å². The van der Waals surface area contributed by atoms with Gasteiger partial charge in [0.25, 0.3) is 0 Å². The van der Waals surface area contributed by atoms with E-state index in [0.717, 1.165) is 0 Å². The van der Waals surface area contributed by atoms with E-state index in [-0.39, 0.29) is 22.9 Å². The van der Waals surface area contributed by atoms with Crippen LogP contribution >= 0.6 is 0 Å². The summed E-state index contributed by atoms with van der Waals surface area (Å²) in [5, 5.41) is 10.8. The third-order valence-electron chi connectivity index (χ3n) is 2.64. The summed E-state index contributed by atoms with van der Waals surface area (Å²) in [6, 6.07) is 4.59. The lowest BCUT2D eigenvalue weighted by Gasteiger charge is -2.20. The highest BCUT2D eigenvalue weighted by atomic mass is 32.2. The van der Waals surface area contributed by atoms with E-state index in [1.807, 2.05) is 20.8 Å². The monoisotopic (exact) mass is 299 g/mol. The molecule has 0 bridgehead atoms. The van der Waals surface area contributed by atoms with Crippen molar-refractivity contribution in [3.63, 3.8) is 0 Å². The van der Waals surface area contributed by atoms with Crippen LogP contribution in [-0.2, 0) is 14.8 Å². The van der Waals surface area contributed by atoms with Crippen LogP contribution in [-0.4, -0.2) is 26.4 Å². The third kappa shape index (κ3) is 4.92. The molecule has 4 N–H and O–H groups in total. The Bertz CT molecular complexity index is 604. The topological polar surface area (TPSA) is 101 Å². The Labute approximate surface area is 119 Å². The van der Waals surface area contributed by atoms with E-state index in [4.69, 9.17) is 5.14 Å². The van der Waals surface area contributed by atoms with Gasteiger partial charge in [-0.1, -0.05) is 6.07 Å². The SMILES string of the molecule is Cc1c(NC(=O)CNC(C)(C)C)cccc1S(N)(=O)=O. The largest absolute Gasteiger partial charge is 0.325 e. The maximum absolute atomic E-state index is 11.8. The van der Waals surface area contributed by atoms with Gasteiger partial charge in [-0.15, -0.1) is 0 Å². The number of benzene rings is 1. The minimum absolute atomic E-state index is 0.0130. The summed E-state index contributed by atoms with van der Waals surface area (Å²) in [6.45, 7) is 7.60. The second-order valence-corrected chi connectivity index (χ2v) is 7.16. The number of primary sulfonamides is 1. The molecular formula is C13H21N3O3S. The number of rotatable bonds is 4. The summed E-state index contributed by atoms with van der Waals surface area (Å²) in [6.07, 6.45) is 0. The van der Waals surface area contributed by atoms with Gasteiger partial charge in [0.15, 0.2) is 0 Å². The number of carbonyl (C=O) groups is 1. The highest BCUT2D eigenvalue weighted by Gasteiger charge is 2.16. The standard InChI is InChI=1S/C13H21N3O3S/c1-9-10(6-5-7-11(9)20(14,18)19)16-12(17)8-15-13(2,3)4/h5-7,15H,8H2,1-4H3,(H,16,17)(H2,14,18,19). The summed E-state index contributed by atoms with van der Waals surface area (Å²) in [4.78, 5) is 11.8. The summed E-state index contributed by atoms with van der Waals surface area (Å²) in [7, 11) is -3.79. The lowest BCUT2D eigenvalue weighted by molar-refractivity contribution is -0.115. The average Bonchev–Trinajstić information content (AvgIpc) is 2.27. The molecule has 0 aliphatic carbocycles. The molecule has 20 heavy (non-hydrogen) atoms. The van der Waals surface area contributed by atoms with Crippen LogP contribution < -0.4 is 15.8 Å². The fourth-order valence-electron chi connectivity index (χ4n) is 1.60. The number of hydrogen-bond donors (Lipinski definition) is 3. The molecule has 0 atom stereocenters. The van der Waals surface area contributed by atoms with Gasteiger partial charge in [-0.2, -0.15) is 0 Å². The number of carbonyl (C=O) groups excluding carboxylic acids is 1. The minimum atomic E-state index is -3.79. The Hall–Kier alpha value is -1.44. The highest BCUT2D eigenvalue weighted by Crippen LogP contribution is 2.21. The van der Waals surface area contributed by atoms with Gasteiger partial charge in [-0.3, -0.25) is 4.79 Å². The number of amides is 1. The smallest absolute Gasteiger partial charge is 0.238 e. The Morgan fingerprint density at radius 1 is 1.30 bits per heavy atom. The van der Waals surface area contributed by atoms with Crippen LogP contribution in [0.25, 0.3) is 0 Å². The van der Waals surface area contributed by atoms with Crippen LogP contribution in [0.4, 0.5) is 5.69 Å². The molecule has 0 radical (unpaired) electrons. The fraction of sp³-hybridized carbons (Fsp3) is 0.462. The molecule has 0 aliphatic heterocycles. The van der Waals surface area contributed by atoms with E-state index in [9.17, 15) is 13.2 Å². The minimum Gasteiger partial charge on any atom is -0.325 e. The number of hydrogen-bond acceptors (Lipinski definition) is 4. The van der Waals surface area contributed by atoms with Crippen molar-refractivity contribution in [1.29, 1.82) is 0 Å². The second-order valence-electron chi connectivity index (χ2n) is 5.63. The van der Waals surface area contributed by atoms with Crippen molar-refractivity contribution in [2.24, 2.45) is 5.14 Å². The van der Waals surface area contributed by atoms with Crippen LogP contribution in [0.5, 0.6) is 0 Å². The number of nitrogens with two attached hydrogens (primary N) is 1. The second kappa shape index (κ2) is 5.90. The first-order chi connectivity index (χ1) is 9.00. The quantitative estimate of drug-likeness (QED) is 0.771. The molecule has 1 rings (SSSR count). The van der Waals surface area contributed by atoms with Gasteiger partial charge >= 0.3 is 0 Å². The van der Waals surface area contributed by atoms with Crippen molar-refractivity contribution >= 4 is 21.6 Å². The van der Waals surface area contributed by atoms with Crippen molar-refractivity contribution < 1.29 is 13.2 Å². The molecule has 0 aliphatic rings. The van der Waals surface area contributed by atoms with Crippen LogP contribution in [0, 0.1) is 6.92 Å². The zero-order valence-corrected chi connectivity index (χ0v) is 13.0. The predicted molar refractivity (Wildman–Crippen MR) is 78.9 cm³/mol. The molecule has 0 fully saturated rings. The molecule has 0 unspecified atom stereocenters. The Morgan fingerprint density at radius 2 is 1.90 bits per heavy atom. The number of sulfonamides is 1. The zero-order valence-electron chi connectivity index (χ0n) is 12.1. The van der Waals surface area contributed by atoms with Crippen LogP contribution in [0.15, 0.2) is 23.1 Å². The molecule has 6 nitrogen and oxygen atoms in total. The molecule has 1 aromatic rings. The summed E-state index contributed by atoms with van der Waals surface area (Å²) in [5.74, 6) is -0.241. The van der Waals surface area contributed by atoms with Crippen LogP contribution in [0.2, 0.25) is 0 Å². The molecule has 1 amide bonds. The van der Waals surface area contributed by atoms with Crippen molar-refractivity contribution in [2.45, 2.75) is 38.1 Å². The lowest BCUT2D eigenvalue weighted by atomic mass is 10.1. The van der Waals surface area contributed by atoms with E-state index in [1.165, 1.54) is 6.07 Å². The van der Waals surface area contributed by atoms with Gasteiger partial charge in [0.2, 0.25) is 15.9 Å². The Kier molecular flexibility index (Phi) is 4.90. The van der Waals surface area contributed by atoms with E-state index in [2.05, 4.69) is 10.6 Å². The molecule has 0 aromatic heterocycles. The normalized spacial score (nSPS) is 12.2. The lowest BCUT2D eigenvalue weighted by Crippen LogP contribution is -2.41. The molecule has 1 aromatic carbocycles. The molecule has 0 spiro atoms. The molecular weight excluding hydrogens is 278 g/mol. The summed E-state index contributed by atoms with van der Waals surface area (Å²) < 4.78 is 22.8. The molecule has 0 heterocycles. The fourth-order valence-corrected chi connectivity index (χ4v) is 2.40. The number of nitrogens with one attached hydrogen (secondary N) is 2. The van der Waals surface area contributed by atoms with Gasteiger partial charge in [0.05, 0.1) is 11.4 Å². The van der Waals surface area contributed by atoms with Gasteiger partial charge in [-0.05, 0) is 45.4 Å². The Balaban J connectivity index is 2.87. The zero-order chi connectivity index (χ0) is 15.6. The van der Waals surface area contributed by atoms with Crippen LogP contribution in [0.1, 0.15) is 26.3 Å². The van der Waals surface area contributed by atoms with Gasteiger partial charge < -0.3 is 10.6 Å². The van der Waals surface area contributed by atoms with Crippen molar-refractivity contribution in [3.8, 4) is 0 Å². The van der Waals surface area contributed by atoms with E-state index in [0.29, 0.717) is 11.3 Å². The summed E-state index contributed by atoms with van der Waals surface area (Å²) in [5.41, 5.74) is 0.700. The first kappa shape index (κ1) is 16.6. The van der Waals surface area contributed by atoms with Crippen molar-refractivity contribution in [1.82, 2.24) is 5.32 Å². The third-order valence-corrected chi connectivity index (χ3v) is 3.70. The van der Waals surface area contributed by atoms with Gasteiger partial charge in [0, 0.05) is 11.2 Å². The maximum Gasteiger partial charge on any atom is 0.238 e. The van der Waals surface area contributed by atoms with Crippen LogP contribution in [0.3, 0.4) is 0 Å². The first-order valence-electron chi connectivity index (χ1n) is 6.18. The Morgan fingerprint density at radius 3 is 2.40 bits per heavy atom. The maximum atomic E-state index is 11.8. The predicted octanol–water partition coefficient (Wildman–Crippen LogP) is 0.969. The first-order valence-corrected chi connectivity index (χ1v) is 7.72. The average molecular weight is 299 g/mol. The number of anilines is 1. The van der Waals surface area contributed by atoms with Crippen molar-refractivity contribution in [2.75, 3.05) is 11.9 Å². The summed E-state index contributed by atoms with van der Waals surface area (Å²) >= 11 is 0. The van der Waals surface area contributed by atoms with Gasteiger partial charge in [-0.25, -0.2) is 13.6 Å². The molecule has 112 valence electrons. The van der Waals surface area contributed by atoms with Crippen molar-refractivity contribution in [3.05, 3.63) is 23.8 Å². The van der Waals surface area contributed by atoms with E-state index < -0.39 is 10.0 Å². The molecule has 0 saturated carbocycles. The molecule has 0 saturated heterocycles. The van der Waals surface area contributed by atoms with E-state index >= 15 is 0 Å². The van der Waals surface area contributed by atoms with Gasteiger partial charge in [0.1, 0.15) is 0 Å². The highest BCUT2D eigenvalue weighted by molar-refractivity contribution is 7.89.